The number of fused-ring (bicyclic) bond motifs is 1. The minimum Gasteiger partial charge on any atom is -0.336 e. The molecule has 30 heavy (non-hydrogen) atoms. The molecule has 3 aromatic heterocycles. The van der Waals surface area contributed by atoms with Crippen molar-refractivity contribution in [3.8, 4) is 11.3 Å². The summed E-state index contributed by atoms with van der Waals surface area (Å²) in [6.07, 6.45) is 6.45. The van der Waals surface area contributed by atoms with Crippen molar-refractivity contribution in [2.45, 2.75) is 26.2 Å². The van der Waals surface area contributed by atoms with Gasteiger partial charge in [0.25, 0.3) is 5.91 Å². The fourth-order valence-electron chi connectivity index (χ4n) is 3.72. The molecule has 0 bridgehead atoms. The summed E-state index contributed by atoms with van der Waals surface area (Å²) in [5.74, 6) is 0.799. The predicted molar refractivity (Wildman–Crippen MR) is 115 cm³/mol. The number of carbonyl (C=O) groups is 2. The van der Waals surface area contributed by atoms with Crippen LogP contribution in [0.4, 0.5) is 5.82 Å². The van der Waals surface area contributed by atoms with Crippen molar-refractivity contribution in [3.63, 3.8) is 0 Å². The average Bonchev–Trinajstić information content (AvgIpc) is 3.14. The van der Waals surface area contributed by atoms with Crippen molar-refractivity contribution in [2.75, 3.05) is 18.4 Å². The van der Waals surface area contributed by atoms with Crippen LogP contribution in [0.2, 0.25) is 0 Å². The number of hydrogen-bond acceptors (Lipinski definition) is 6. The molecular formula is C21H22N6O2S. The van der Waals surface area contributed by atoms with E-state index >= 15 is 0 Å². The molecule has 154 valence electrons. The van der Waals surface area contributed by atoms with Gasteiger partial charge in [-0.05, 0) is 38.3 Å². The minimum absolute atomic E-state index is 0.0312. The number of anilines is 1. The molecule has 1 aliphatic heterocycles. The predicted octanol–water partition coefficient (Wildman–Crippen LogP) is 3.31. The number of aromatic nitrogens is 3. The molecule has 8 nitrogen and oxygen atoms in total. The summed E-state index contributed by atoms with van der Waals surface area (Å²) in [5, 5.41) is 13.0. The molecule has 1 unspecified atom stereocenters. The van der Waals surface area contributed by atoms with E-state index in [1.54, 1.807) is 18.0 Å². The lowest BCUT2D eigenvalue weighted by Gasteiger charge is -2.14. The molecule has 1 saturated carbocycles. The second kappa shape index (κ2) is 7.32. The molecular weight excluding hydrogens is 400 g/mol. The molecule has 4 heterocycles. The Kier molecular flexibility index (Phi) is 4.62. The first-order valence-corrected chi connectivity index (χ1v) is 11.0. The van der Waals surface area contributed by atoms with Gasteiger partial charge in [-0.1, -0.05) is 0 Å². The Bertz CT molecular complexity index is 1160. The van der Waals surface area contributed by atoms with Gasteiger partial charge in [0.05, 0.1) is 11.9 Å². The third-order valence-corrected chi connectivity index (χ3v) is 6.55. The van der Waals surface area contributed by atoms with Crippen molar-refractivity contribution < 1.29 is 9.59 Å². The monoisotopic (exact) mass is 422 g/mol. The molecule has 2 fully saturated rings. The van der Waals surface area contributed by atoms with Gasteiger partial charge in [-0.25, -0.2) is 9.97 Å². The third kappa shape index (κ3) is 3.60. The van der Waals surface area contributed by atoms with Crippen LogP contribution in [-0.4, -0.2) is 49.9 Å². The molecule has 0 radical (unpaired) electrons. The Balaban J connectivity index is 1.33. The lowest BCUT2D eigenvalue weighted by atomic mass is 10.0. The molecule has 9 heteroatoms. The van der Waals surface area contributed by atoms with Crippen molar-refractivity contribution in [2.24, 2.45) is 11.8 Å². The molecule has 1 saturated heterocycles. The highest BCUT2D eigenvalue weighted by Gasteiger charge is 2.30. The second-order valence-electron chi connectivity index (χ2n) is 8.03. The van der Waals surface area contributed by atoms with Crippen LogP contribution in [-0.2, 0) is 4.79 Å². The van der Waals surface area contributed by atoms with Gasteiger partial charge in [0, 0.05) is 47.8 Å². The molecule has 2 aliphatic rings. The van der Waals surface area contributed by atoms with Crippen LogP contribution in [0, 0.1) is 17.2 Å². The Morgan fingerprint density at radius 1 is 1.17 bits per heavy atom. The van der Waals surface area contributed by atoms with Gasteiger partial charge in [-0.2, -0.15) is 0 Å². The van der Waals surface area contributed by atoms with E-state index in [4.69, 9.17) is 5.41 Å². The second-order valence-corrected chi connectivity index (χ2v) is 8.89. The number of rotatable bonds is 5. The molecule has 0 aromatic carbocycles. The highest BCUT2D eigenvalue weighted by atomic mass is 32.1. The van der Waals surface area contributed by atoms with Crippen LogP contribution in [0.15, 0.2) is 29.9 Å². The molecule has 1 aliphatic carbocycles. The van der Waals surface area contributed by atoms with E-state index in [1.165, 1.54) is 11.3 Å². The van der Waals surface area contributed by atoms with Gasteiger partial charge in [-0.15, -0.1) is 11.3 Å². The fraction of sp³-hybridized carbons (Fsp3) is 0.381. The number of nitrogens with zero attached hydrogens (tertiary/aromatic N) is 4. The molecule has 2 amide bonds. The number of amides is 2. The van der Waals surface area contributed by atoms with Crippen LogP contribution in [0.1, 0.15) is 36.0 Å². The van der Waals surface area contributed by atoms with E-state index in [0.29, 0.717) is 29.6 Å². The highest BCUT2D eigenvalue weighted by Crippen LogP contribution is 2.30. The first-order chi connectivity index (χ1) is 14.5. The summed E-state index contributed by atoms with van der Waals surface area (Å²) in [4.78, 5) is 35.5. The highest BCUT2D eigenvalue weighted by molar-refractivity contribution is 7.12. The summed E-state index contributed by atoms with van der Waals surface area (Å²) in [7, 11) is 0. The van der Waals surface area contributed by atoms with Gasteiger partial charge in [0.2, 0.25) is 5.91 Å². The largest absolute Gasteiger partial charge is 0.336 e. The summed E-state index contributed by atoms with van der Waals surface area (Å²) >= 11 is 1.34. The number of hydrogen-bond donors (Lipinski definition) is 2. The molecule has 5 rings (SSSR count). The normalized spacial score (nSPS) is 18.7. The minimum atomic E-state index is -0.0659. The summed E-state index contributed by atoms with van der Waals surface area (Å²) in [5.41, 5.74) is 2.99. The van der Waals surface area contributed by atoms with Crippen molar-refractivity contribution in [3.05, 3.63) is 34.9 Å². The van der Waals surface area contributed by atoms with E-state index in [9.17, 15) is 9.59 Å². The van der Waals surface area contributed by atoms with Gasteiger partial charge in [0.1, 0.15) is 5.65 Å². The van der Waals surface area contributed by atoms with Gasteiger partial charge in [0.15, 0.2) is 10.8 Å². The van der Waals surface area contributed by atoms with Crippen LogP contribution < -0.4 is 5.32 Å². The maximum Gasteiger partial charge on any atom is 0.282 e. The Morgan fingerprint density at radius 3 is 2.73 bits per heavy atom. The van der Waals surface area contributed by atoms with Crippen molar-refractivity contribution in [1.82, 2.24) is 19.3 Å². The zero-order valence-electron chi connectivity index (χ0n) is 16.6. The first-order valence-electron chi connectivity index (χ1n) is 10.1. The molecule has 0 spiro atoms. The summed E-state index contributed by atoms with van der Waals surface area (Å²) < 4.78 is 1.86. The number of thiazole rings is 1. The lowest BCUT2D eigenvalue weighted by Crippen LogP contribution is -2.29. The zero-order chi connectivity index (χ0) is 20.8. The summed E-state index contributed by atoms with van der Waals surface area (Å²) in [6.45, 7) is 3.07. The lowest BCUT2D eigenvalue weighted by molar-refractivity contribution is -0.117. The van der Waals surface area contributed by atoms with Gasteiger partial charge >= 0.3 is 0 Å². The van der Waals surface area contributed by atoms with E-state index in [-0.39, 0.29) is 23.7 Å². The number of nitrogens with one attached hydrogen (secondary N) is 2. The Hall–Kier alpha value is -3.07. The summed E-state index contributed by atoms with van der Waals surface area (Å²) in [6, 6.07) is 3.79. The topological polar surface area (TPSA) is 103 Å². The number of imidazole rings is 1. The van der Waals surface area contributed by atoms with Gasteiger partial charge < -0.3 is 20.0 Å². The van der Waals surface area contributed by atoms with Crippen molar-refractivity contribution >= 4 is 40.3 Å². The first kappa shape index (κ1) is 18.9. The number of pyridine rings is 1. The maximum absolute atomic E-state index is 12.8. The molecule has 2 N–H and O–H groups in total. The van der Waals surface area contributed by atoms with E-state index < -0.39 is 0 Å². The fourth-order valence-corrected chi connectivity index (χ4v) is 4.51. The van der Waals surface area contributed by atoms with Crippen LogP contribution in [0.5, 0.6) is 0 Å². The van der Waals surface area contributed by atoms with Crippen molar-refractivity contribution in [1.29, 1.82) is 5.41 Å². The van der Waals surface area contributed by atoms with E-state index in [2.05, 4.69) is 15.3 Å². The number of carbonyl (C=O) groups excluding carboxylic acids is 2. The standard InChI is InChI=1S/C21H22N6O2S/c1-12(22)14-6-7-26(8-14)21(29)20-23-16(11-30-20)15-4-5-18-24-17(10-27(18)9-15)25-19(28)13-2-3-13/h4-5,9-11,13-14,22H,2-3,6-8H2,1H3,(H,25,28). The molecule has 3 aromatic rings. The van der Waals surface area contributed by atoms with E-state index in [1.807, 2.05) is 28.1 Å². The Morgan fingerprint density at radius 2 is 2.00 bits per heavy atom. The zero-order valence-corrected chi connectivity index (χ0v) is 17.4. The smallest absolute Gasteiger partial charge is 0.282 e. The van der Waals surface area contributed by atoms with Crippen LogP contribution in [0.25, 0.3) is 16.9 Å². The van der Waals surface area contributed by atoms with Gasteiger partial charge in [-0.3, -0.25) is 9.59 Å². The Labute approximate surface area is 177 Å². The quantitative estimate of drug-likeness (QED) is 0.616. The van der Waals surface area contributed by atoms with E-state index in [0.717, 1.165) is 36.2 Å². The molecule has 1 atom stereocenters. The van der Waals surface area contributed by atoms with Crippen LogP contribution >= 0.6 is 11.3 Å². The average molecular weight is 423 g/mol. The van der Waals surface area contributed by atoms with Crippen LogP contribution in [0.3, 0.4) is 0 Å². The third-order valence-electron chi connectivity index (χ3n) is 5.72. The number of likely N-dealkylation sites (tertiary alicyclic amines) is 1. The maximum atomic E-state index is 12.8. The SMILES string of the molecule is CC(=N)C1CCN(C(=O)c2nc(-c3ccc4nc(NC(=O)C5CC5)cn4c3)cs2)C1.